The van der Waals surface area contributed by atoms with Crippen LogP contribution >= 0.6 is 15.9 Å². The highest BCUT2D eigenvalue weighted by atomic mass is 79.9. The molecule has 2 aromatic rings. The smallest absolute Gasteiger partial charge is 0.165 e. The second-order valence-corrected chi connectivity index (χ2v) is 4.87. The zero-order valence-corrected chi connectivity index (χ0v) is 11.3. The molecule has 0 heterocycles. The minimum atomic E-state index is -0.448. The molecular weight excluding hydrogens is 302 g/mol. The Hall–Kier alpha value is -1.42. The Kier molecular flexibility index (Phi) is 3.97. The largest absolute Gasteiger partial charge is 0.486 e. The molecule has 0 fully saturated rings. The van der Waals surface area contributed by atoms with Crippen LogP contribution in [0.25, 0.3) is 0 Å². The fourth-order valence-corrected chi connectivity index (χ4v) is 1.94. The average molecular weight is 313 g/mol. The molecule has 0 spiro atoms. The van der Waals surface area contributed by atoms with E-state index in [0.717, 1.165) is 10.0 Å². The Morgan fingerprint density at radius 1 is 1.06 bits per heavy atom. The minimum Gasteiger partial charge on any atom is -0.486 e. The van der Waals surface area contributed by atoms with Gasteiger partial charge in [0.25, 0.3) is 0 Å². The van der Waals surface area contributed by atoms with E-state index < -0.39 is 5.82 Å². The van der Waals surface area contributed by atoms with E-state index >= 15 is 0 Å². The first-order valence-electron chi connectivity index (χ1n) is 5.39. The SMILES string of the molecule is Cc1ccc(F)c(OCc2cc(Br)ccc2F)c1. The normalized spacial score (nSPS) is 10.4. The van der Waals surface area contributed by atoms with Crippen molar-refractivity contribution in [1.29, 1.82) is 0 Å². The maximum atomic E-state index is 13.5. The summed E-state index contributed by atoms with van der Waals surface area (Å²) >= 11 is 3.25. The molecule has 1 nitrogen and oxygen atoms in total. The van der Waals surface area contributed by atoms with Gasteiger partial charge in [0.1, 0.15) is 12.4 Å². The van der Waals surface area contributed by atoms with E-state index in [1.807, 2.05) is 6.92 Å². The van der Waals surface area contributed by atoms with Gasteiger partial charge in [-0.3, -0.25) is 0 Å². The third-order valence-electron chi connectivity index (χ3n) is 2.48. The molecule has 0 aliphatic heterocycles. The van der Waals surface area contributed by atoms with Crippen LogP contribution in [0, 0.1) is 18.6 Å². The van der Waals surface area contributed by atoms with Gasteiger partial charge in [0.15, 0.2) is 11.6 Å². The summed E-state index contributed by atoms with van der Waals surface area (Å²) in [5.41, 5.74) is 1.27. The van der Waals surface area contributed by atoms with Crippen LogP contribution in [0.5, 0.6) is 5.75 Å². The summed E-state index contributed by atoms with van der Waals surface area (Å²) in [5.74, 6) is -0.684. The van der Waals surface area contributed by atoms with Gasteiger partial charge in [-0.05, 0) is 42.8 Å². The Balaban J connectivity index is 2.16. The first-order chi connectivity index (χ1) is 8.56. The van der Waals surface area contributed by atoms with E-state index in [-0.39, 0.29) is 18.2 Å². The van der Waals surface area contributed by atoms with Crippen molar-refractivity contribution in [2.45, 2.75) is 13.5 Å². The monoisotopic (exact) mass is 312 g/mol. The topological polar surface area (TPSA) is 9.23 Å². The number of hydrogen-bond acceptors (Lipinski definition) is 1. The Morgan fingerprint density at radius 3 is 2.56 bits per heavy atom. The highest BCUT2D eigenvalue weighted by molar-refractivity contribution is 9.10. The van der Waals surface area contributed by atoms with E-state index in [4.69, 9.17) is 4.74 Å². The average Bonchev–Trinajstić information content (AvgIpc) is 2.34. The molecule has 0 aromatic heterocycles. The molecule has 0 radical (unpaired) electrons. The van der Waals surface area contributed by atoms with Crippen molar-refractivity contribution in [2.75, 3.05) is 0 Å². The maximum Gasteiger partial charge on any atom is 0.165 e. The van der Waals surface area contributed by atoms with Crippen molar-refractivity contribution in [3.63, 3.8) is 0 Å². The molecule has 0 saturated heterocycles. The standard InChI is InChI=1S/C14H11BrF2O/c1-9-2-4-13(17)14(6-9)18-8-10-7-11(15)3-5-12(10)16/h2-7H,8H2,1H3. The van der Waals surface area contributed by atoms with Crippen LogP contribution in [-0.4, -0.2) is 0 Å². The van der Waals surface area contributed by atoms with E-state index in [1.54, 1.807) is 24.3 Å². The second kappa shape index (κ2) is 5.48. The first-order valence-corrected chi connectivity index (χ1v) is 6.18. The van der Waals surface area contributed by atoms with Gasteiger partial charge in [-0.15, -0.1) is 0 Å². The lowest BCUT2D eigenvalue weighted by atomic mass is 10.2. The predicted octanol–water partition coefficient (Wildman–Crippen LogP) is 4.61. The van der Waals surface area contributed by atoms with Gasteiger partial charge in [-0.2, -0.15) is 0 Å². The van der Waals surface area contributed by atoms with Crippen molar-refractivity contribution in [1.82, 2.24) is 0 Å². The fraction of sp³-hybridized carbons (Fsp3) is 0.143. The summed E-state index contributed by atoms with van der Waals surface area (Å²) in [6.45, 7) is 1.83. The molecule has 2 rings (SSSR count). The molecule has 94 valence electrons. The van der Waals surface area contributed by atoms with Gasteiger partial charge >= 0.3 is 0 Å². The van der Waals surface area contributed by atoms with Gasteiger partial charge in [-0.25, -0.2) is 8.78 Å². The summed E-state index contributed by atoms with van der Waals surface area (Å²) in [6.07, 6.45) is 0. The molecular formula is C14H11BrF2O. The van der Waals surface area contributed by atoms with Crippen LogP contribution in [0.1, 0.15) is 11.1 Å². The summed E-state index contributed by atoms with van der Waals surface area (Å²) in [7, 11) is 0. The number of benzene rings is 2. The summed E-state index contributed by atoms with van der Waals surface area (Å²) in [5, 5.41) is 0. The first kappa shape index (κ1) is 13.0. The number of hydrogen-bond donors (Lipinski definition) is 0. The van der Waals surface area contributed by atoms with E-state index in [0.29, 0.717) is 5.56 Å². The number of ether oxygens (including phenoxy) is 1. The van der Waals surface area contributed by atoms with Gasteiger partial charge in [0.2, 0.25) is 0 Å². The van der Waals surface area contributed by atoms with Crippen molar-refractivity contribution in [3.05, 3.63) is 63.6 Å². The molecule has 0 aliphatic carbocycles. The number of aryl methyl sites for hydroxylation is 1. The summed E-state index contributed by atoms with van der Waals surface area (Å²) in [6, 6.07) is 9.14. The highest BCUT2D eigenvalue weighted by Gasteiger charge is 2.07. The summed E-state index contributed by atoms with van der Waals surface area (Å²) < 4.78 is 32.9. The maximum absolute atomic E-state index is 13.5. The van der Waals surface area contributed by atoms with Crippen LogP contribution < -0.4 is 4.74 Å². The Labute approximate surface area is 113 Å². The lowest BCUT2D eigenvalue weighted by Crippen LogP contribution is -2.00. The molecule has 0 N–H and O–H groups in total. The van der Waals surface area contributed by atoms with Crippen LogP contribution in [-0.2, 0) is 6.61 Å². The van der Waals surface area contributed by atoms with E-state index in [2.05, 4.69) is 15.9 Å². The van der Waals surface area contributed by atoms with Crippen molar-refractivity contribution < 1.29 is 13.5 Å². The Bertz CT molecular complexity index is 518. The molecule has 0 unspecified atom stereocenters. The zero-order valence-electron chi connectivity index (χ0n) is 9.71. The molecule has 0 atom stereocenters. The molecule has 4 heteroatoms. The van der Waals surface area contributed by atoms with Gasteiger partial charge in [0, 0.05) is 10.0 Å². The van der Waals surface area contributed by atoms with Gasteiger partial charge in [0.05, 0.1) is 0 Å². The second-order valence-electron chi connectivity index (χ2n) is 3.96. The molecule has 0 bridgehead atoms. The Morgan fingerprint density at radius 2 is 1.78 bits per heavy atom. The molecule has 0 amide bonds. The predicted molar refractivity (Wildman–Crippen MR) is 69.6 cm³/mol. The molecule has 18 heavy (non-hydrogen) atoms. The molecule has 0 aliphatic rings. The summed E-state index contributed by atoms with van der Waals surface area (Å²) in [4.78, 5) is 0. The quantitative estimate of drug-likeness (QED) is 0.804. The van der Waals surface area contributed by atoms with Crippen LogP contribution in [0.15, 0.2) is 40.9 Å². The number of halogens is 3. The third-order valence-corrected chi connectivity index (χ3v) is 2.97. The van der Waals surface area contributed by atoms with Crippen molar-refractivity contribution in [3.8, 4) is 5.75 Å². The van der Waals surface area contributed by atoms with Crippen LogP contribution in [0.2, 0.25) is 0 Å². The van der Waals surface area contributed by atoms with Gasteiger partial charge < -0.3 is 4.74 Å². The van der Waals surface area contributed by atoms with Crippen molar-refractivity contribution in [2.24, 2.45) is 0 Å². The molecule has 0 saturated carbocycles. The van der Waals surface area contributed by atoms with Crippen LogP contribution in [0.4, 0.5) is 8.78 Å². The van der Waals surface area contributed by atoms with E-state index in [1.165, 1.54) is 12.1 Å². The third kappa shape index (κ3) is 3.07. The highest BCUT2D eigenvalue weighted by Crippen LogP contribution is 2.21. The lowest BCUT2D eigenvalue weighted by Gasteiger charge is -2.09. The molecule has 2 aromatic carbocycles. The van der Waals surface area contributed by atoms with Crippen molar-refractivity contribution >= 4 is 15.9 Å². The fourth-order valence-electron chi connectivity index (χ4n) is 1.53. The minimum absolute atomic E-state index is 0.00829. The number of rotatable bonds is 3. The van der Waals surface area contributed by atoms with Crippen LogP contribution in [0.3, 0.4) is 0 Å². The van der Waals surface area contributed by atoms with Gasteiger partial charge in [-0.1, -0.05) is 22.0 Å². The zero-order chi connectivity index (χ0) is 13.1. The lowest BCUT2D eigenvalue weighted by molar-refractivity contribution is 0.284. The van der Waals surface area contributed by atoms with E-state index in [9.17, 15) is 8.78 Å².